The minimum Gasteiger partial charge on any atom is -0.459 e. The summed E-state index contributed by atoms with van der Waals surface area (Å²) in [6.45, 7) is 3.34. The van der Waals surface area contributed by atoms with Gasteiger partial charge in [-0.2, -0.15) is 0 Å². The van der Waals surface area contributed by atoms with Crippen LogP contribution < -0.4 is 5.32 Å². The maximum Gasteiger partial charge on any atom is 0.289 e. The van der Waals surface area contributed by atoms with Gasteiger partial charge < -0.3 is 19.5 Å². The van der Waals surface area contributed by atoms with E-state index in [1.54, 1.807) is 28.0 Å². The number of piperazine rings is 1. The molecule has 1 aromatic carbocycles. The van der Waals surface area contributed by atoms with Crippen molar-refractivity contribution in [3.05, 3.63) is 42.4 Å². The number of carbonyl (C=O) groups is 3. The molecule has 0 spiro atoms. The third-order valence-corrected chi connectivity index (χ3v) is 8.51. The second kappa shape index (κ2) is 9.60. The Morgan fingerprint density at radius 3 is 2.58 bits per heavy atom. The van der Waals surface area contributed by atoms with Crippen LogP contribution >= 0.6 is 11.8 Å². The van der Waals surface area contributed by atoms with E-state index >= 15 is 0 Å². The Morgan fingerprint density at radius 1 is 1.15 bits per heavy atom. The number of furan rings is 1. The van der Waals surface area contributed by atoms with Crippen molar-refractivity contribution in [3.63, 3.8) is 0 Å². The zero-order valence-corrected chi connectivity index (χ0v) is 19.8. The number of nitrogens with zero attached hydrogens (tertiary/aromatic N) is 2. The molecule has 3 amide bonds. The van der Waals surface area contributed by atoms with Gasteiger partial charge in [0.15, 0.2) is 15.6 Å². The maximum atomic E-state index is 12.9. The van der Waals surface area contributed by atoms with Crippen LogP contribution in [0.2, 0.25) is 0 Å². The van der Waals surface area contributed by atoms with E-state index in [2.05, 4.69) is 5.32 Å². The quantitative estimate of drug-likeness (QED) is 0.682. The van der Waals surface area contributed by atoms with Gasteiger partial charge in [0.2, 0.25) is 11.8 Å². The summed E-state index contributed by atoms with van der Waals surface area (Å²) in [5.74, 6) is -0.712. The molecule has 0 saturated carbocycles. The fraction of sp³-hybridized carbons (Fsp3) is 0.409. The Balaban J connectivity index is 1.34. The number of fused-ring (bicyclic) bond motifs is 1. The van der Waals surface area contributed by atoms with Crippen molar-refractivity contribution in [2.75, 3.05) is 37.2 Å². The molecule has 2 aromatic rings. The zero-order chi connectivity index (χ0) is 23.6. The van der Waals surface area contributed by atoms with Crippen molar-refractivity contribution < 1.29 is 27.2 Å². The van der Waals surface area contributed by atoms with E-state index < -0.39 is 9.84 Å². The first-order chi connectivity index (χ1) is 15.7. The Morgan fingerprint density at radius 2 is 1.88 bits per heavy atom. The number of carbonyl (C=O) groups excluding carboxylic acids is 3. The number of thioether (sulfide) groups is 1. The molecule has 1 aromatic heterocycles. The summed E-state index contributed by atoms with van der Waals surface area (Å²) < 4.78 is 30.8. The standard InChI is InChI=1S/C22H25N3O6S2/c1-15-13-20(26)23-17-14-16(4-5-19(17)32-15)33(29,30)12-6-21(27)24-7-9-25(10-8-24)22(28)18-3-2-11-31-18/h2-5,11,14-15H,6-10,12-13H2,1H3,(H,23,26)/t15-/m1/s1. The normalized spacial score (nSPS) is 18.9. The molecule has 0 aliphatic carbocycles. The van der Waals surface area contributed by atoms with Crippen LogP contribution in [0.3, 0.4) is 0 Å². The average Bonchev–Trinajstić information content (AvgIpc) is 3.28. The molecule has 11 heteroatoms. The van der Waals surface area contributed by atoms with Gasteiger partial charge in [0.1, 0.15) is 0 Å². The molecule has 0 bridgehead atoms. The summed E-state index contributed by atoms with van der Waals surface area (Å²) in [4.78, 5) is 41.0. The molecule has 176 valence electrons. The smallest absolute Gasteiger partial charge is 0.289 e. The van der Waals surface area contributed by atoms with E-state index in [0.717, 1.165) is 4.90 Å². The van der Waals surface area contributed by atoms with Crippen LogP contribution in [0.4, 0.5) is 5.69 Å². The highest BCUT2D eigenvalue weighted by Crippen LogP contribution is 2.36. The van der Waals surface area contributed by atoms with Crippen LogP contribution in [0.15, 0.2) is 50.8 Å². The molecule has 2 aliphatic heterocycles. The lowest BCUT2D eigenvalue weighted by atomic mass is 10.2. The maximum absolute atomic E-state index is 12.9. The third kappa shape index (κ3) is 5.41. The fourth-order valence-electron chi connectivity index (χ4n) is 3.84. The molecule has 0 unspecified atom stereocenters. The van der Waals surface area contributed by atoms with Gasteiger partial charge >= 0.3 is 0 Å². The molecule has 1 N–H and O–H groups in total. The van der Waals surface area contributed by atoms with Crippen molar-refractivity contribution in [3.8, 4) is 0 Å². The van der Waals surface area contributed by atoms with Gasteiger partial charge in [-0.1, -0.05) is 6.92 Å². The number of benzene rings is 1. The zero-order valence-electron chi connectivity index (χ0n) is 18.2. The predicted molar refractivity (Wildman–Crippen MR) is 123 cm³/mol. The van der Waals surface area contributed by atoms with E-state index in [1.165, 1.54) is 30.2 Å². The lowest BCUT2D eigenvalue weighted by Crippen LogP contribution is -2.50. The van der Waals surface area contributed by atoms with Crippen LogP contribution in [-0.2, 0) is 19.4 Å². The molecule has 1 saturated heterocycles. The number of hydrogen-bond donors (Lipinski definition) is 1. The van der Waals surface area contributed by atoms with Crippen LogP contribution in [0.5, 0.6) is 0 Å². The second-order valence-corrected chi connectivity index (χ2v) is 11.6. The summed E-state index contributed by atoms with van der Waals surface area (Å²) in [6, 6.07) is 7.93. The number of rotatable bonds is 5. The van der Waals surface area contributed by atoms with Crippen molar-refractivity contribution in [1.29, 1.82) is 0 Å². The summed E-state index contributed by atoms with van der Waals surface area (Å²) in [5, 5.41) is 2.87. The molecule has 1 fully saturated rings. The number of anilines is 1. The van der Waals surface area contributed by atoms with E-state index in [1.807, 2.05) is 6.92 Å². The molecular formula is C22H25N3O6S2. The minimum atomic E-state index is -3.71. The molecular weight excluding hydrogens is 466 g/mol. The summed E-state index contributed by atoms with van der Waals surface area (Å²) in [5.41, 5.74) is 0.485. The highest BCUT2D eigenvalue weighted by Gasteiger charge is 2.28. The Labute approximate surface area is 196 Å². The van der Waals surface area contributed by atoms with E-state index in [-0.39, 0.29) is 45.8 Å². The van der Waals surface area contributed by atoms with Gasteiger partial charge in [-0.3, -0.25) is 14.4 Å². The molecule has 0 radical (unpaired) electrons. The molecule has 1 atom stereocenters. The summed E-state index contributed by atoms with van der Waals surface area (Å²) in [7, 11) is -3.71. The number of nitrogens with one attached hydrogen (secondary N) is 1. The lowest BCUT2D eigenvalue weighted by Gasteiger charge is -2.34. The highest BCUT2D eigenvalue weighted by molar-refractivity contribution is 8.00. The van der Waals surface area contributed by atoms with Crippen molar-refractivity contribution >= 4 is 45.0 Å². The Kier molecular flexibility index (Phi) is 6.80. The molecule has 3 heterocycles. The van der Waals surface area contributed by atoms with Gasteiger partial charge in [0.25, 0.3) is 5.91 Å². The van der Waals surface area contributed by atoms with Crippen molar-refractivity contribution in [2.45, 2.75) is 34.8 Å². The Hall–Kier alpha value is -2.79. The molecule has 2 aliphatic rings. The largest absolute Gasteiger partial charge is 0.459 e. The number of hydrogen-bond acceptors (Lipinski definition) is 7. The second-order valence-electron chi connectivity index (χ2n) is 8.06. The van der Waals surface area contributed by atoms with Crippen LogP contribution in [0.25, 0.3) is 0 Å². The van der Waals surface area contributed by atoms with Gasteiger partial charge in [-0.25, -0.2) is 8.42 Å². The SMILES string of the molecule is C[C@@H]1CC(=O)Nc2cc(S(=O)(=O)CCC(=O)N3CCN(C(=O)c4ccco4)CC3)ccc2S1. The first-order valence-electron chi connectivity index (χ1n) is 10.7. The Bertz CT molecular complexity index is 1150. The molecule has 4 rings (SSSR count). The number of amides is 3. The topological polar surface area (TPSA) is 117 Å². The van der Waals surface area contributed by atoms with Crippen LogP contribution in [0, 0.1) is 0 Å². The van der Waals surface area contributed by atoms with Crippen molar-refractivity contribution in [2.24, 2.45) is 0 Å². The third-order valence-electron chi connectivity index (χ3n) is 5.62. The fourth-order valence-corrected chi connectivity index (χ4v) is 6.14. The van der Waals surface area contributed by atoms with Crippen molar-refractivity contribution in [1.82, 2.24) is 9.80 Å². The molecule has 9 nitrogen and oxygen atoms in total. The monoisotopic (exact) mass is 491 g/mol. The first kappa shape index (κ1) is 23.4. The minimum absolute atomic E-state index is 0.0818. The summed E-state index contributed by atoms with van der Waals surface area (Å²) in [6.07, 6.45) is 1.64. The van der Waals surface area contributed by atoms with Gasteiger partial charge in [0, 0.05) is 49.2 Å². The number of sulfone groups is 1. The average molecular weight is 492 g/mol. The first-order valence-corrected chi connectivity index (χ1v) is 13.2. The predicted octanol–water partition coefficient (Wildman–Crippen LogP) is 2.25. The molecule has 33 heavy (non-hydrogen) atoms. The van der Waals surface area contributed by atoms with Gasteiger partial charge in [-0.05, 0) is 30.3 Å². The summed E-state index contributed by atoms with van der Waals surface area (Å²) >= 11 is 1.52. The van der Waals surface area contributed by atoms with Gasteiger partial charge in [0.05, 0.1) is 22.6 Å². The van der Waals surface area contributed by atoms with E-state index in [9.17, 15) is 22.8 Å². The van der Waals surface area contributed by atoms with Gasteiger partial charge in [-0.15, -0.1) is 11.8 Å². The highest BCUT2D eigenvalue weighted by atomic mass is 32.2. The van der Waals surface area contributed by atoms with Crippen LogP contribution in [-0.4, -0.2) is 73.1 Å². The van der Waals surface area contributed by atoms with E-state index in [4.69, 9.17) is 4.42 Å². The van der Waals surface area contributed by atoms with E-state index in [0.29, 0.717) is 38.3 Å². The lowest BCUT2D eigenvalue weighted by molar-refractivity contribution is -0.132. The van der Waals surface area contributed by atoms with Crippen LogP contribution in [0.1, 0.15) is 30.3 Å².